The maximum absolute atomic E-state index is 12.0. The van der Waals surface area contributed by atoms with Crippen LogP contribution >= 0.6 is 0 Å². The first-order chi connectivity index (χ1) is 11.2. The molecule has 1 atom stereocenters. The minimum absolute atomic E-state index is 0.188. The first-order valence-corrected chi connectivity index (χ1v) is 8.42. The van der Waals surface area contributed by atoms with E-state index in [1.165, 1.54) is 5.56 Å². The van der Waals surface area contributed by atoms with Gasteiger partial charge in [0.1, 0.15) is 17.4 Å². The van der Waals surface area contributed by atoms with E-state index in [4.69, 9.17) is 4.74 Å². The molecule has 1 spiro atoms. The molecule has 2 aliphatic heterocycles. The van der Waals surface area contributed by atoms with Gasteiger partial charge in [-0.05, 0) is 18.2 Å². The summed E-state index contributed by atoms with van der Waals surface area (Å²) < 4.78 is 8.73. The van der Waals surface area contributed by atoms with Crippen molar-refractivity contribution in [2.75, 3.05) is 13.1 Å². The summed E-state index contributed by atoms with van der Waals surface area (Å²) in [6.07, 6.45) is 6.55. The molecule has 0 bridgehead atoms. The molecule has 4 heteroatoms. The van der Waals surface area contributed by atoms with Crippen LogP contribution in [0.15, 0.2) is 48.8 Å². The van der Waals surface area contributed by atoms with Crippen LogP contribution in [0.3, 0.4) is 0 Å². The number of piperidine rings is 1. The van der Waals surface area contributed by atoms with Gasteiger partial charge in [0.25, 0.3) is 0 Å². The van der Waals surface area contributed by atoms with Crippen LogP contribution in [0.1, 0.15) is 37.8 Å². The molecule has 1 aromatic heterocycles. The maximum atomic E-state index is 12.0. The lowest BCUT2D eigenvalue weighted by atomic mass is 9.82. The van der Waals surface area contributed by atoms with Crippen molar-refractivity contribution in [2.45, 2.75) is 37.8 Å². The molecular formula is C19H22N2O2. The fraction of sp³-hybridized carbons (Fsp3) is 0.421. The number of hydrogen-bond acceptors (Lipinski definition) is 2. The molecular weight excluding hydrogens is 288 g/mol. The highest BCUT2D eigenvalue weighted by molar-refractivity contribution is 5.76. The van der Waals surface area contributed by atoms with Crippen LogP contribution < -0.4 is 4.74 Å². The summed E-state index contributed by atoms with van der Waals surface area (Å²) in [4.78, 5) is 14.0. The molecule has 0 unspecified atom stereocenters. The Balaban J connectivity index is 1.68. The van der Waals surface area contributed by atoms with E-state index in [1.54, 1.807) is 0 Å². The number of rotatable bonds is 2. The van der Waals surface area contributed by atoms with Gasteiger partial charge in [0.15, 0.2) is 0 Å². The van der Waals surface area contributed by atoms with Crippen molar-refractivity contribution >= 4 is 5.91 Å². The van der Waals surface area contributed by atoms with Gasteiger partial charge in [0, 0.05) is 50.3 Å². The minimum atomic E-state index is -0.243. The number of carbonyl (C=O) groups excluding carboxylic acids is 1. The Morgan fingerprint density at radius 2 is 1.87 bits per heavy atom. The van der Waals surface area contributed by atoms with Crippen molar-refractivity contribution in [3.63, 3.8) is 0 Å². The van der Waals surface area contributed by atoms with Gasteiger partial charge in [-0.2, -0.15) is 0 Å². The van der Waals surface area contributed by atoms with Crippen LogP contribution in [-0.4, -0.2) is 34.1 Å². The average Bonchev–Trinajstić information content (AvgIpc) is 3.20. The molecule has 120 valence electrons. The Kier molecular flexibility index (Phi) is 3.40. The molecule has 4 nitrogen and oxygen atoms in total. The highest BCUT2D eigenvalue weighted by atomic mass is 16.5. The van der Waals surface area contributed by atoms with Crippen molar-refractivity contribution in [3.05, 3.63) is 54.4 Å². The predicted octanol–water partition coefficient (Wildman–Crippen LogP) is 3.24. The Bertz CT molecular complexity index is 700. The summed E-state index contributed by atoms with van der Waals surface area (Å²) in [5.41, 5.74) is 1.01. The third-order valence-electron chi connectivity index (χ3n) is 5.22. The Labute approximate surface area is 136 Å². The predicted molar refractivity (Wildman–Crippen MR) is 88.5 cm³/mol. The highest BCUT2D eigenvalue weighted by Gasteiger charge is 2.51. The summed E-state index contributed by atoms with van der Waals surface area (Å²) in [6, 6.07) is 12.6. The largest absolute Gasteiger partial charge is 0.484 e. The summed E-state index contributed by atoms with van der Waals surface area (Å²) in [6.45, 7) is 3.48. The van der Waals surface area contributed by atoms with E-state index in [1.807, 2.05) is 17.9 Å². The number of hydrogen-bond donors (Lipinski definition) is 0. The summed E-state index contributed by atoms with van der Waals surface area (Å²) in [7, 11) is 0. The van der Waals surface area contributed by atoms with Crippen LogP contribution in [0.2, 0.25) is 0 Å². The Morgan fingerprint density at radius 3 is 2.57 bits per heavy atom. The molecule has 0 aliphatic carbocycles. The van der Waals surface area contributed by atoms with Crippen molar-refractivity contribution < 1.29 is 9.53 Å². The van der Waals surface area contributed by atoms with Crippen molar-refractivity contribution in [2.24, 2.45) is 0 Å². The molecule has 0 radical (unpaired) electrons. The molecule has 2 aliphatic rings. The normalized spacial score (nSPS) is 22.0. The zero-order chi connectivity index (χ0) is 15.9. The second-order valence-corrected chi connectivity index (χ2v) is 6.47. The van der Waals surface area contributed by atoms with E-state index in [2.05, 4.69) is 47.3 Å². The van der Waals surface area contributed by atoms with E-state index in [9.17, 15) is 4.79 Å². The third-order valence-corrected chi connectivity index (χ3v) is 5.22. The lowest BCUT2D eigenvalue weighted by Crippen LogP contribution is -2.52. The molecule has 0 saturated carbocycles. The third kappa shape index (κ3) is 2.24. The number of amides is 1. The standard InChI is InChI=1S/C19H22N2O2/c1-2-17(22)20-13-9-19(10-14-20)18(21-11-5-6-12-21)15-7-3-4-8-16(15)23-19/h3-8,11-12,18H,2,9-10,13-14H2,1H3/t18-/m1/s1. The van der Waals surface area contributed by atoms with Gasteiger partial charge in [-0.15, -0.1) is 0 Å². The number of benzene rings is 1. The molecule has 1 fully saturated rings. The molecule has 1 aromatic carbocycles. The summed E-state index contributed by atoms with van der Waals surface area (Å²) >= 11 is 0. The molecule has 4 rings (SSSR count). The highest BCUT2D eigenvalue weighted by Crippen LogP contribution is 2.50. The molecule has 23 heavy (non-hydrogen) atoms. The van der Waals surface area contributed by atoms with E-state index >= 15 is 0 Å². The minimum Gasteiger partial charge on any atom is -0.484 e. The monoisotopic (exact) mass is 310 g/mol. The fourth-order valence-corrected chi connectivity index (χ4v) is 4.04. The number of fused-ring (bicyclic) bond motifs is 1. The van der Waals surface area contributed by atoms with Crippen LogP contribution in [0.5, 0.6) is 5.75 Å². The average molecular weight is 310 g/mol. The van der Waals surface area contributed by atoms with Gasteiger partial charge < -0.3 is 14.2 Å². The fourth-order valence-electron chi connectivity index (χ4n) is 4.04. The zero-order valence-corrected chi connectivity index (χ0v) is 13.4. The Morgan fingerprint density at radius 1 is 1.17 bits per heavy atom. The first-order valence-electron chi connectivity index (χ1n) is 8.42. The van der Waals surface area contributed by atoms with Crippen LogP contribution in [0, 0.1) is 0 Å². The van der Waals surface area contributed by atoms with Gasteiger partial charge in [-0.1, -0.05) is 25.1 Å². The molecule has 1 amide bonds. The van der Waals surface area contributed by atoms with Crippen molar-refractivity contribution in [1.82, 2.24) is 9.47 Å². The number of nitrogens with zero attached hydrogens (tertiary/aromatic N) is 2. The Hall–Kier alpha value is -2.23. The molecule has 3 heterocycles. The lowest BCUT2D eigenvalue weighted by Gasteiger charge is -2.42. The van der Waals surface area contributed by atoms with Crippen LogP contribution in [0.25, 0.3) is 0 Å². The quantitative estimate of drug-likeness (QED) is 0.853. The maximum Gasteiger partial charge on any atom is 0.222 e. The SMILES string of the molecule is CCC(=O)N1CCC2(CC1)Oc1ccccc1[C@H]2n1cccc1. The van der Waals surface area contributed by atoms with E-state index < -0.39 is 0 Å². The van der Waals surface area contributed by atoms with Gasteiger partial charge in [0.2, 0.25) is 5.91 Å². The van der Waals surface area contributed by atoms with E-state index in [0.717, 1.165) is 31.7 Å². The number of ether oxygens (including phenoxy) is 1. The number of likely N-dealkylation sites (tertiary alicyclic amines) is 1. The van der Waals surface area contributed by atoms with Gasteiger partial charge in [0.05, 0.1) is 0 Å². The zero-order valence-electron chi connectivity index (χ0n) is 13.4. The topological polar surface area (TPSA) is 34.5 Å². The first kappa shape index (κ1) is 14.4. The molecule has 0 N–H and O–H groups in total. The summed E-state index contributed by atoms with van der Waals surface area (Å²) in [5.74, 6) is 1.23. The van der Waals surface area contributed by atoms with Crippen molar-refractivity contribution in [3.8, 4) is 5.75 Å². The van der Waals surface area contributed by atoms with Crippen LogP contribution in [0.4, 0.5) is 0 Å². The van der Waals surface area contributed by atoms with Gasteiger partial charge in [-0.3, -0.25) is 4.79 Å². The van der Waals surface area contributed by atoms with E-state index in [0.29, 0.717) is 6.42 Å². The number of aromatic nitrogens is 1. The van der Waals surface area contributed by atoms with E-state index in [-0.39, 0.29) is 17.6 Å². The number of para-hydroxylation sites is 1. The second-order valence-electron chi connectivity index (χ2n) is 6.47. The molecule has 2 aromatic rings. The molecule has 1 saturated heterocycles. The van der Waals surface area contributed by atoms with Crippen molar-refractivity contribution in [1.29, 1.82) is 0 Å². The van der Waals surface area contributed by atoms with Crippen LogP contribution in [-0.2, 0) is 4.79 Å². The summed E-state index contributed by atoms with van der Waals surface area (Å²) in [5, 5.41) is 0. The smallest absolute Gasteiger partial charge is 0.222 e. The van der Waals surface area contributed by atoms with Gasteiger partial charge >= 0.3 is 0 Å². The van der Waals surface area contributed by atoms with Gasteiger partial charge in [-0.25, -0.2) is 0 Å². The lowest BCUT2D eigenvalue weighted by molar-refractivity contribution is -0.134. The number of carbonyl (C=O) groups is 1. The second kappa shape index (κ2) is 5.44.